The Morgan fingerprint density at radius 3 is 2.80 bits per heavy atom. The van der Waals surface area contributed by atoms with E-state index in [2.05, 4.69) is 0 Å². The molecule has 5 heteroatoms. The van der Waals surface area contributed by atoms with Crippen LogP contribution in [-0.4, -0.2) is 12.4 Å². The van der Waals surface area contributed by atoms with Crippen molar-refractivity contribution in [2.24, 2.45) is 5.73 Å². The van der Waals surface area contributed by atoms with Crippen LogP contribution in [0.2, 0.25) is 5.02 Å². The van der Waals surface area contributed by atoms with E-state index in [4.69, 9.17) is 22.7 Å². The largest absolute Gasteiger partial charge is 0.384 e. The first kappa shape index (κ1) is 12.9. The molecule has 0 aromatic heterocycles. The van der Waals surface area contributed by atoms with E-state index in [1.54, 1.807) is 18.2 Å². The number of nitrogen functional groups attached to an aromatic ring is 1. The Balaban J connectivity index is 2.16. The lowest BCUT2D eigenvalue weighted by Gasteiger charge is -2.23. The smallest absolute Gasteiger partial charge is 0.126 e. The standard InChI is InChI=1S/C15H13ClFN3/c16-11-2-1-3-12(14(11)15(18)19)20-7-6-9-4-5-10(17)8-13(9)20/h1-5,8H,6-7H2,(H3,18,19). The first-order chi connectivity index (χ1) is 9.58. The second-order valence-electron chi connectivity index (χ2n) is 4.72. The Morgan fingerprint density at radius 2 is 2.05 bits per heavy atom. The molecule has 3 rings (SSSR count). The number of nitrogens with two attached hydrogens (primary N) is 1. The summed E-state index contributed by atoms with van der Waals surface area (Å²) >= 11 is 6.14. The molecule has 0 bridgehead atoms. The maximum absolute atomic E-state index is 13.5. The van der Waals surface area contributed by atoms with Gasteiger partial charge >= 0.3 is 0 Å². The van der Waals surface area contributed by atoms with E-state index in [0.29, 0.717) is 10.6 Å². The highest BCUT2D eigenvalue weighted by Crippen LogP contribution is 2.38. The van der Waals surface area contributed by atoms with E-state index in [-0.39, 0.29) is 11.7 Å². The van der Waals surface area contributed by atoms with Gasteiger partial charge in [0.05, 0.1) is 16.3 Å². The predicted molar refractivity (Wildman–Crippen MR) is 79.6 cm³/mol. The maximum Gasteiger partial charge on any atom is 0.126 e. The zero-order valence-corrected chi connectivity index (χ0v) is 11.4. The lowest BCUT2D eigenvalue weighted by molar-refractivity contribution is 0.628. The molecule has 0 amide bonds. The number of hydrogen-bond donors (Lipinski definition) is 2. The molecular weight excluding hydrogens is 277 g/mol. The molecule has 0 saturated carbocycles. The van der Waals surface area contributed by atoms with Gasteiger partial charge in [-0.1, -0.05) is 23.7 Å². The van der Waals surface area contributed by atoms with E-state index in [0.717, 1.165) is 29.9 Å². The van der Waals surface area contributed by atoms with Crippen molar-refractivity contribution < 1.29 is 4.39 Å². The van der Waals surface area contributed by atoms with E-state index in [9.17, 15) is 4.39 Å². The molecule has 2 aromatic rings. The molecule has 1 aliphatic heterocycles. The van der Waals surface area contributed by atoms with Gasteiger partial charge in [0, 0.05) is 12.2 Å². The van der Waals surface area contributed by atoms with Gasteiger partial charge < -0.3 is 10.6 Å². The molecule has 2 aromatic carbocycles. The minimum absolute atomic E-state index is 0.0875. The van der Waals surface area contributed by atoms with Crippen LogP contribution in [0.4, 0.5) is 15.8 Å². The van der Waals surface area contributed by atoms with Gasteiger partial charge in [0.25, 0.3) is 0 Å². The van der Waals surface area contributed by atoms with Crippen LogP contribution >= 0.6 is 11.6 Å². The molecule has 1 heterocycles. The van der Waals surface area contributed by atoms with Crippen LogP contribution in [-0.2, 0) is 6.42 Å². The number of anilines is 2. The molecule has 0 saturated heterocycles. The summed E-state index contributed by atoms with van der Waals surface area (Å²) in [6, 6.07) is 10.1. The molecule has 3 nitrogen and oxygen atoms in total. The number of nitrogens with zero attached hydrogens (tertiary/aromatic N) is 1. The van der Waals surface area contributed by atoms with Crippen molar-refractivity contribution >= 4 is 28.8 Å². The van der Waals surface area contributed by atoms with Crippen molar-refractivity contribution in [1.29, 1.82) is 5.41 Å². The van der Waals surface area contributed by atoms with Crippen molar-refractivity contribution in [2.45, 2.75) is 6.42 Å². The highest BCUT2D eigenvalue weighted by Gasteiger charge is 2.24. The van der Waals surface area contributed by atoms with Crippen LogP contribution in [0, 0.1) is 11.2 Å². The van der Waals surface area contributed by atoms with Crippen molar-refractivity contribution in [3.63, 3.8) is 0 Å². The third-order valence-corrected chi connectivity index (χ3v) is 3.81. The highest BCUT2D eigenvalue weighted by molar-refractivity contribution is 6.34. The van der Waals surface area contributed by atoms with Gasteiger partial charge in [-0.25, -0.2) is 4.39 Å². The van der Waals surface area contributed by atoms with Crippen LogP contribution in [0.25, 0.3) is 0 Å². The average molecular weight is 290 g/mol. The van der Waals surface area contributed by atoms with Gasteiger partial charge in [0.1, 0.15) is 11.7 Å². The van der Waals surface area contributed by atoms with Crippen LogP contribution in [0.15, 0.2) is 36.4 Å². The monoisotopic (exact) mass is 289 g/mol. The Kier molecular flexibility index (Phi) is 3.10. The quantitative estimate of drug-likeness (QED) is 0.657. The molecule has 3 N–H and O–H groups in total. The molecule has 1 aliphatic rings. The number of benzene rings is 2. The molecule has 0 atom stereocenters. The second kappa shape index (κ2) is 4.80. The average Bonchev–Trinajstić information content (AvgIpc) is 2.80. The van der Waals surface area contributed by atoms with Gasteiger partial charge in [-0.2, -0.15) is 0 Å². The van der Waals surface area contributed by atoms with Crippen molar-refractivity contribution in [3.05, 3.63) is 58.4 Å². The summed E-state index contributed by atoms with van der Waals surface area (Å²) in [5.41, 5.74) is 8.77. The molecule has 102 valence electrons. The van der Waals surface area contributed by atoms with Crippen molar-refractivity contribution in [3.8, 4) is 0 Å². The van der Waals surface area contributed by atoms with E-state index >= 15 is 0 Å². The summed E-state index contributed by atoms with van der Waals surface area (Å²) < 4.78 is 13.5. The van der Waals surface area contributed by atoms with Crippen molar-refractivity contribution in [2.75, 3.05) is 11.4 Å². The maximum atomic E-state index is 13.5. The minimum Gasteiger partial charge on any atom is -0.384 e. The number of fused-ring (bicyclic) bond motifs is 1. The molecule has 0 spiro atoms. The number of halogens is 2. The topological polar surface area (TPSA) is 53.1 Å². The predicted octanol–water partition coefficient (Wildman–Crippen LogP) is 3.46. The Bertz CT molecular complexity index is 700. The lowest BCUT2D eigenvalue weighted by atomic mass is 10.1. The summed E-state index contributed by atoms with van der Waals surface area (Å²) in [5.74, 6) is -0.363. The number of amidine groups is 1. The zero-order chi connectivity index (χ0) is 14.3. The van der Waals surface area contributed by atoms with Crippen LogP contribution in [0.1, 0.15) is 11.1 Å². The van der Waals surface area contributed by atoms with Gasteiger partial charge in [-0.15, -0.1) is 0 Å². The normalized spacial score (nSPS) is 13.4. The summed E-state index contributed by atoms with van der Waals surface area (Å²) in [6.45, 7) is 0.722. The molecule has 0 radical (unpaired) electrons. The first-order valence-electron chi connectivity index (χ1n) is 6.27. The third-order valence-electron chi connectivity index (χ3n) is 3.49. The fraction of sp³-hybridized carbons (Fsp3) is 0.133. The molecule has 20 heavy (non-hydrogen) atoms. The molecular formula is C15H13ClFN3. The Hall–Kier alpha value is -2.07. The lowest BCUT2D eigenvalue weighted by Crippen LogP contribution is -2.20. The van der Waals surface area contributed by atoms with Gasteiger partial charge in [-0.3, -0.25) is 5.41 Å². The SMILES string of the molecule is N=C(N)c1c(Cl)cccc1N1CCc2ccc(F)cc21. The highest BCUT2D eigenvalue weighted by atomic mass is 35.5. The summed E-state index contributed by atoms with van der Waals surface area (Å²) in [7, 11) is 0. The Morgan fingerprint density at radius 1 is 1.25 bits per heavy atom. The summed E-state index contributed by atoms with van der Waals surface area (Å²) in [5, 5.41) is 8.13. The van der Waals surface area contributed by atoms with Crippen LogP contribution in [0.5, 0.6) is 0 Å². The third kappa shape index (κ3) is 2.02. The van der Waals surface area contributed by atoms with Crippen LogP contribution in [0.3, 0.4) is 0 Å². The zero-order valence-electron chi connectivity index (χ0n) is 10.7. The fourth-order valence-corrected chi connectivity index (χ4v) is 2.88. The van der Waals surface area contributed by atoms with E-state index in [1.165, 1.54) is 12.1 Å². The van der Waals surface area contributed by atoms with E-state index in [1.807, 2.05) is 11.0 Å². The second-order valence-corrected chi connectivity index (χ2v) is 5.13. The number of hydrogen-bond acceptors (Lipinski definition) is 2. The fourth-order valence-electron chi connectivity index (χ4n) is 2.61. The summed E-state index contributed by atoms with van der Waals surface area (Å²) in [6.07, 6.45) is 0.833. The van der Waals surface area contributed by atoms with Crippen LogP contribution < -0.4 is 10.6 Å². The van der Waals surface area contributed by atoms with Gasteiger partial charge in [0.15, 0.2) is 0 Å². The molecule has 0 aliphatic carbocycles. The summed E-state index contributed by atoms with van der Waals surface area (Å²) in [4.78, 5) is 1.96. The minimum atomic E-state index is -0.276. The number of rotatable bonds is 2. The van der Waals surface area contributed by atoms with E-state index < -0.39 is 0 Å². The first-order valence-corrected chi connectivity index (χ1v) is 6.64. The number of nitrogens with one attached hydrogen (secondary N) is 1. The molecule has 0 fully saturated rings. The van der Waals surface area contributed by atoms with Gasteiger partial charge in [0.2, 0.25) is 0 Å². The Labute approximate surface area is 121 Å². The van der Waals surface area contributed by atoms with Gasteiger partial charge in [-0.05, 0) is 36.2 Å². The van der Waals surface area contributed by atoms with Crippen molar-refractivity contribution in [1.82, 2.24) is 0 Å². The molecule has 0 unspecified atom stereocenters.